The molecular formula is C5H6N3O2. The van der Waals surface area contributed by atoms with Crippen molar-refractivity contribution in [3.05, 3.63) is 22.0 Å². The van der Waals surface area contributed by atoms with Crippen molar-refractivity contribution in [2.24, 2.45) is 7.05 Å². The highest BCUT2D eigenvalue weighted by atomic mass is 16.6. The van der Waals surface area contributed by atoms with Gasteiger partial charge in [0.25, 0.3) is 0 Å². The topological polar surface area (TPSA) is 61.0 Å². The zero-order valence-corrected chi connectivity index (χ0v) is 5.66. The first kappa shape index (κ1) is 6.73. The normalized spacial score (nSPS) is 9.80. The van der Waals surface area contributed by atoms with Crippen molar-refractivity contribution in [3.8, 4) is 0 Å². The summed E-state index contributed by atoms with van der Waals surface area (Å²) in [6.07, 6.45) is 2.45. The van der Waals surface area contributed by atoms with Gasteiger partial charge in [-0.15, -0.1) is 0 Å². The summed E-state index contributed by atoms with van der Waals surface area (Å²) in [5.74, 6) is 0. The lowest BCUT2D eigenvalue weighted by Gasteiger charge is -1.80. The summed E-state index contributed by atoms with van der Waals surface area (Å²) in [6, 6.07) is 0. The molecule has 5 heteroatoms. The van der Waals surface area contributed by atoms with Crippen molar-refractivity contribution in [1.29, 1.82) is 0 Å². The van der Waals surface area contributed by atoms with Crippen molar-refractivity contribution in [2.75, 3.05) is 0 Å². The van der Waals surface area contributed by atoms with Gasteiger partial charge in [-0.1, -0.05) is 0 Å². The molecular weight excluding hydrogens is 134 g/mol. The van der Waals surface area contributed by atoms with Gasteiger partial charge in [-0.3, -0.25) is 14.8 Å². The molecule has 0 amide bonds. The zero-order chi connectivity index (χ0) is 7.72. The Hall–Kier alpha value is -1.39. The monoisotopic (exact) mass is 140 g/mol. The summed E-state index contributed by atoms with van der Waals surface area (Å²) in [5, 5.41) is 13.9. The molecule has 0 saturated carbocycles. The smallest absolute Gasteiger partial charge is 0.259 e. The molecule has 1 rings (SSSR count). The van der Waals surface area contributed by atoms with Crippen LogP contribution < -0.4 is 0 Å². The molecule has 53 valence electrons. The standard InChI is InChI=1S/C5H6N3O2/c1-4-5(8(9)10)3-7(2)6-4/h1-2H3. The summed E-state index contributed by atoms with van der Waals surface area (Å²) < 4.78 is 1.30. The summed E-state index contributed by atoms with van der Waals surface area (Å²) in [4.78, 5) is 9.66. The van der Waals surface area contributed by atoms with Gasteiger partial charge in [-0.2, -0.15) is 5.10 Å². The minimum atomic E-state index is -0.498. The van der Waals surface area contributed by atoms with Gasteiger partial charge in [0.05, 0.1) is 4.92 Å². The van der Waals surface area contributed by atoms with Crippen molar-refractivity contribution in [1.82, 2.24) is 9.78 Å². The molecule has 1 heterocycles. The highest BCUT2D eigenvalue weighted by Crippen LogP contribution is 2.12. The average molecular weight is 140 g/mol. The van der Waals surface area contributed by atoms with Crippen molar-refractivity contribution >= 4 is 5.69 Å². The van der Waals surface area contributed by atoms with E-state index in [0.29, 0.717) is 5.69 Å². The summed E-state index contributed by atoms with van der Waals surface area (Å²) in [6.45, 7) is 1.58. The maximum Gasteiger partial charge on any atom is 0.319 e. The van der Waals surface area contributed by atoms with E-state index in [4.69, 9.17) is 0 Å². The number of hydrogen-bond donors (Lipinski definition) is 0. The highest BCUT2D eigenvalue weighted by molar-refractivity contribution is 5.29. The predicted molar refractivity (Wildman–Crippen MR) is 33.4 cm³/mol. The molecule has 0 spiro atoms. The van der Waals surface area contributed by atoms with Gasteiger partial charge < -0.3 is 0 Å². The van der Waals surface area contributed by atoms with Crippen molar-refractivity contribution in [2.45, 2.75) is 6.92 Å². The van der Waals surface area contributed by atoms with Crippen LogP contribution in [0.3, 0.4) is 0 Å². The Morgan fingerprint density at radius 2 is 2.40 bits per heavy atom. The van der Waals surface area contributed by atoms with Crippen molar-refractivity contribution < 1.29 is 4.92 Å². The van der Waals surface area contributed by atoms with Gasteiger partial charge in [0.15, 0.2) is 6.20 Å². The third-order valence-electron chi connectivity index (χ3n) is 1.09. The number of hydrogen-bond acceptors (Lipinski definition) is 3. The van der Waals surface area contributed by atoms with Gasteiger partial charge in [0.2, 0.25) is 0 Å². The maximum absolute atomic E-state index is 10.2. The Morgan fingerprint density at radius 1 is 1.80 bits per heavy atom. The van der Waals surface area contributed by atoms with Crippen LogP contribution in [0.15, 0.2) is 0 Å². The Morgan fingerprint density at radius 3 is 2.60 bits per heavy atom. The average Bonchev–Trinajstić information content (AvgIpc) is 2.10. The van der Waals surface area contributed by atoms with Crippen LogP contribution >= 0.6 is 0 Å². The van der Waals surface area contributed by atoms with E-state index in [9.17, 15) is 10.1 Å². The van der Waals surface area contributed by atoms with E-state index in [0.717, 1.165) is 0 Å². The second-order valence-corrected chi connectivity index (χ2v) is 1.93. The molecule has 0 bridgehead atoms. The molecule has 1 aromatic rings. The van der Waals surface area contributed by atoms with E-state index in [1.54, 1.807) is 14.0 Å². The molecule has 0 unspecified atom stereocenters. The zero-order valence-electron chi connectivity index (χ0n) is 5.66. The van der Waals surface area contributed by atoms with E-state index < -0.39 is 4.92 Å². The fourth-order valence-corrected chi connectivity index (χ4v) is 0.704. The Labute approximate surface area is 57.4 Å². The number of rotatable bonds is 1. The summed E-state index contributed by atoms with van der Waals surface area (Å²) in [7, 11) is 1.60. The van der Waals surface area contributed by atoms with E-state index in [1.807, 2.05) is 0 Å². The van der Waals surface area contributed by atoms with Gasteiger partial charge in [0, 0.05) is 7.05 Å². The molecule has 1 radical (unpaired) electrons. The molecule has 10 heavy (non-hydrogen) atoms. The molecule has 0 atom stereocenters. The SMILES string of the molecule is Cc1nn(C)[c]c1[N+](=O)[O-]. The largest absolute Gasteiger partial charge is 0.319 e. The third-order valence-corrected chi connectivity index (χ3v) is 1.09. The van der Waals surface area contributed by atoms with Crippen LogP contribution in [0, 0.1) is 23.2 Å². The maximum atomic E-state index is 10.2. The van der Waals surface area contributed by atoms with Crippen LogP contribution in [0.1, 0.15) is 5.69 Å². The Kier molecular flexibility index (Phi) is 1.41. The molecule has 0 saturated heterocycles. The number of aryl methyl sites for hydroxylation is 2. The lowest BCUT2D eigenvalue weighted by molar-refractivity contribution is -0.385. The Balaban J connectivity index is 3.15. The van der Waals surface area contributed by atoms with Gasteiger partial charge in [0.1, 0.15) is 5.69 Å². The van der Waals surface area contributed by atoms with Crippen LogP contribution in [-0.4, -0.2) is 14.7 Å². The number of aromatic nitrogens is 2. The lowest BCUT2D eigenvalue weighted by Crippen LogP contribution is -1.87. The van der Waals surface area contributed by atoms with Gasteiger partial charge in [-0.05, 0) is 6.92 Å². The number of nitro groups is 1. The molecule has 0 aliphatic rings. The fraction of sp³-hybridized carbons (Fsp3) is 0.400. The second-order valence-electron chi connectivity index (χ2n) is 1.93. The van der Waals surface area contributed by atoms with E-state index in [2.05, 4.69) is 11.3 Å². The van der Waals surface area contributed by atoms with Crippen LogP contribution in [0.5, 0.6) is 0 Å². The second kappa shape index (κ2) is 2.09. The lowest BCUT2D eigenvalue weighted by atomic mass is 10.4. The van der Waals surface area contributed by atoms with Crippen LogP contribution in [0.25, 0.3) is 0 Å². The van der Waals surface area contributed by atoms with Crippen LogP contribution in [0.4, 0.5) is 5.69 Å². The first-order valence-corrected chi connectivity index (χ1v) is 2.68. The minimum Gasteiger partial charge on any atom is -0.259 e. The van der Waals surface area contributed by atoms with Crippen molar-refractivity contribution in [3.63, 3.8) is 0 Å². The Bertz CT molecular complexity index is 266. The summed E-state index contributed by atoms with van der Waals surface area (Å²) in [5.41, 5.74) is 0.343. The third kappa shape index (κ3) is 0.975. The molecule has 0 aromatic carbocycles. The van der Waals surface area contributed by atoms with E-state index in [-0.39, 0.29) is 5.69 Å². The van der Waals surface area contributed by atoms with Gasteiger partial charge >= 0.3 is 5.69 Å². The van der Waals surface area contributed by atoms with Gasteiger partial charge in [-0.25, -0.2) is 0 Å². The van der Waals surface area contributed by atoms with Crippen LogP contribution in [0.2, 0.25) is 0 Å². The number of nitrogens with zero attached hydrogens (tertiary/aromatic N) is 3. The van der Waals surface area contributed by atoms with E-state index >= 15 is 0 Å². The predicted octanol–water partition coefficient (Wildman–Crippen LogP) is 0.437. The molecule has 0 aliphatic carbocycles. The molecule has 0 N–H and O–H groups in total. The molecule has 5 nitrogen and oxygen atoms in total. The molecule has 0 aliphatic heterocycles. The highest BCUT2D eigenvalue weighted by Gasteiger charge is 2.13. The van der Waals surface area contributed by atoms with Crippen LogP contribution in [-0.2, 0) is 7.05 Å². The quantitative estimate of drug-likeness (QED) is 0.420. The minimum absolute atomic E-state index is 0.0532. The molecule has 1 aromatic heterocycles. The first-order valence-electron chi connectivity index (χ1n) is 2.68. The molecule has 0 fully saturated rings. The first-order chi connectivity index (χ1) is 4.61. The van der Waals surface area contributed by atoms with E-state index in [1.165, 1.54) is 4.68 Å². The fourth-order valence-electron chi connectivity index (χ4n) is 0.704. The summed E-state index contributed by atoms with van der Waals surface area (Å²) >= 11 is 0.